The fourth-order valence-corrected chi connectivity index (χ4v) is 3.53. The Morgan fingerprint density at radius 1 is 1.42 bits per heavy atom. The van der Waals surface area contributed by atoms with Crippen molar-refractivity contribution in [2.45, 2.75) is 31.8 Å². The molecule has 0 aromatic carbocycles. The fourth-order valence-electron chi connectivity index (χ4n) is 3.16. The van der Waals surface area contributed by atoms with Crippen LogP contribution < -0.4 is 0 Å². The van der Waals surface area contributed by atoms with Gasteiger partial charge in [0.1, 0.15) is 0 Å². The molecule has 2 aliphatic rings. The summed E-state index contributed by atoms with van der Waals surface area (Å²) in [6.45, 7) is 5.18. The molecule has 2 aliphatic heterocycles. The maximum atomic E-state index is 12.6. The average Bonchev–Trinajstić information content (AvgIpc) is 2.84. The molecule has 1 aromatic heterocycles. The summed E-state index contributed by atoms with van der Waals surface area (Å²) in [5.74, 6) is 0.104. The maximum absolute atomic E-state index is 12.6. The molecular weight excluding hydrogens is 306 g/mol. The Labute approximate surface area is 121 Å². The number of amides is 1. The first kappa shape index (κ1) is 13.1. The number of nitrogens with zero attached hydrogens (tertiary/aromatic N) is 3. The van der Waals surface area contributed by atoms with Crippen molar-refractivity contribution in [3.8, 4) is 0 Å². The van der Waals surface area contributed by atoms with Crippen molar-refractivity contribution in [2.75, 3.05) is 19.6 Å². The van der Waals surface area contributed by atoms with Crippen molar-refractivity contribution < 1.29 is 4.79 Å². The molecule has 2 atom stereocenters. The van der Waals surface area contributed by atoms with Crippen LogP contribution in [0.5, 0.6) is 0 Å². The molecule has 0 radical (unpaired) electrons. The zero-order valence-corrected chi connectivity index (χ0v) is 12.6. The van der Waals surface area contributed by atoms with Crippen LogP contribution in [-0.4, -0.2) is 52.4 Å². The van der Waals surface area contributed by atoms with E-state index >= 15 is 0 Å². The molecule has 19 heavy (non-hydrogen) atoms. The first-order chi connectivity index (χ1) is 9.15. The molecule has 0 aliphatic carbocycles. The van der Waals surface area contributed by atoms with Crippen LogP contribution in [-0.2, 0) is 0 Å². The lowest BCUT2D eigenvalue weighted by Gasteiger charge is -2.42. The molecule has 102 valence electrons. The van der Waals surface area contributed by atoms with Gasteiger partial charge in [0, 0.05) is 42.0 Å². The molecule has 0 saturated carbocycles. The molecule has 5 heteroatoms. The minimum absolute atomic E-state index is 0.104. The van der Waals surface area contributed by atoms with Gasteiger partial charge in [-0.05, 0) is 48.3 Å². The Hall–Kier alpha value is -0.940. The van der Waals surface area contributed by atoms with Crippen molar-refractivity contribution in [3.05, 3.63) is 28.5 Å². The van der Waals surface area contributed by atoms with Gasteiger partial charge in [0.2, 0.25) is 0 Å². The largest absolute Gasteiger partial charge is 0.333 e. The van der Waals surface area contributed by atoms with Crippen LogP contribution in [0.15, 0.2) is 22.9 Å². The number of hydrogen-bond acceptors (Lipinski definition) is 3. The van der Waals surface area contributed by atoms with Crippen molar-refractivity contribution in [2.24, 2.45) is 0 Å². The molecule has 4 nitrogen and oxygen atoms in total. The first-order valence-corrected chi connectivity index (χ1v) is 7.60. The van der Waals surface area contributed by atoms with Crippen LogP contribution in [0.2, 0.25) is 0 Å². The predicted molar refractivity (Wildman–Crippen MR) is 77.0 cm³/mol. The zero-order chi connectivity index (χ0) is 13.4. The highest BCUT2D eigenvalue weighted by atomic mass is 79.9. The van der Waals surface area contributed by atoms with Gasteiger partial charge in [-0.25, -0.2) is 0 Å². The lowest BCUT2D eigenvalue weighted by Crippen LogP contribution is -2.56. The average molecular weight is 324 g/mol. The number of hydrogen-bond donors (Lipinski definition) is 0. The van der Waals surface area contributed by atoms with E-state index in [1.54, 1.807) is 12.4 Å². The van der Waals surface area contributed by atoms with Gasteiger partial charge in [-0.3, -0.25) is 14.7 Å². The summed E-state index contributed by atoms with van der Waals surface area (Å²) >= 11 is 3.37. The molecule has 1 amide bonds. The summed E-state index contributed by atoms with van der Waals surface area (Å²) in [6.07, 6.45) is 5.83. The summed E-state index contributed by atoms with van der Waals surface area (Å²) in [7, 11) is 0. The van der Waals surface area contributed by atoms with Crippen molar-refractivity contribution in [1.29, 1.82) is 0 Å². The Morgan fingerprint density at radius 2 is 2.26 bits per heavy atom. The van der Waals surface area contributed by atoms with Gasteiger partial charge in [0.15, 0.2) is 0 Å². The van der Waals surface area contributed by atoms with Gasteiger partial charge < -0.3 is 4.90 Å². The first-order valence-electron chi connectivity index (χ1n) is 6.80. The maximum Gasteiger partial charge on any atom is 0.255 e. The van der Waals surface area contributed by atoms with Gasteiger partial charge in [0.05, 0.1) is 5.56 Å². The quantitative estimate of drug-likeness (QED) is 0.794. The van der Waals surface area contributed by atoms with Crippen LogP contribution >= 0.6 is 15.9 Å². The number of fused-ring (bicyclic) bond motifs is 1. The number of pyridine rings is 1. The number of carbonyl (C=O) groups is 1. The second-order valence-corrected chi connectivity index (χ2v) is 6.41. The van der Waals surface area contributed by atoms with Gasteiger partial charge in [-0.2, -0.15) is 0 Å². The summed E-state index contributed by atoms with van der Waals surface area (Å²) < 4.78 is 0.852. The van der Waals surface area contributed by atoms with Gasteiger partial charge >= 0.3 is 0 Å². The molecule has 2 fully saturated rings. The second kappa shape index (κ2) is 5.21. The van der Waals surface area contributed by atoms with Gasteiger partial charge in [-0.15, -0.1) is 0 Å². The Kier molecular flexibility index (Phi) is 3.58. The Bertz CT molecular complexity index is 493. The van der Waals surface area contributed by atoms with Gasteiger partial charge in [0.25, 0.3) is 5.91 Å². The molecule has 2 saturated heterocycles. The molecule has 3 heterocycles. The van der Waals surface area contributed by atoms with E-state index in [0.717, 1.165) is 17.6 Å². The van der Waals surface area contributed by atoms with Crippen LogP contribution in [0.4, 0.5) is 0 Å². The summed E-state index contributed by atoms with van der Waals surface area (Å²) in [6, 6.07) is 2.68. The van der Waals surface area contributed by atoms with Crippen LogP contribution in [0, 0.1) is 0 Å². The van der Waals surface area contributed by atoms with E-state index in [0.29, 0.717) is 11.6 Å². The Balaban J connectivity index is 1.79. The third kappa shape index (κ3) is 2.54. The highest BCUT2D eigenvalue weighted by Gasteiger charge is 2.36. The zero-order valence-electron chi connectivity index (χ0n) is 11.1. The summed E-state index contributed by atoms with van der Waals surface area (Å²) in [5.41, 5.74) is 0.674. The topological polar surface area (TPSA) is 36.4 Å². The minimum atomic E-state index is 0.104. The van der Waals surface area contributed by atoms with Crippen LogP contribution in [0.25, 0.3) is 0 Å². The van der Waals surface area contributed by atoms with E-state index in [-0.39, 0.29) is 11.9 Å². The van der Waals surface area contributed by atoms with E-state index in [1.807, 2.05) is 11.0 Å². The summed E-state index contributed by atoms with van der Waals surface area (Å²) in [4.78, 5) is 21.2. The lowest BCUT2D eigenvalue weighted by molar-refractivity contribution is 0.0395. The van der Waals surface area contributed by atoms with Crippen molar-refractivity contribution in [3.63, 3.8) is 0 Å². The van der Waals surface area contributed by atoms with E-state index in [4.69, 9.17) is 0 Å². The molecule has 0 bridgehead atoms. The Morgan fingerprint density at radius 3 is 3.05 bits per heavy atom. The fraction of sp³-hybridized carbons (Fsp3) is 0.571. The molecule has 0 spiro atoms. The lowest BCUT2D eigenvalue weighted by atomic mass is 10.1. The van der Waals surface area contributed by atoms with Crippen LogP contribution in [0.3, 0.4) is 0 Å². The van der Waals surface area contributed by atoms with E-state index in [9.17, 15) is 4.79 Å². The van der Waals surface area contributed by atoms with Crippen molar-refractivity contribution >= 4 is 21.8 Å². The predicted octanol–water partition coefficient (Wildman–Crippen LogP) is 2.15. The molecule has 3 rings (SSSR count). The molecule has 1 aromatic rings. The SMILES string of the molecule is CC1CN2CCCC2CN1C(=O)c1cncc(Br)c1. The van der Waals surface area contributed by atoms with Crippen LogP contribution in [0.1, 0.15) is 30.1 Å². The summed E-state index contributed by atoms with van der Waals surface area (Å²) in [5, 5.41) is 0. The molecule has 2 unspecified atom stereocenters. The third-order valence-electron chi connectivity index (χ3n) is 4.15. The highest BCUT2D eigenvalue weighted by molar-refractivity contribution is 9.10. The molecular formula is C14H18BrN3O. The normalized spacial score (nSPS) is 27.4. The standard InChI is InChI=1S/C14H18BrN3O/c1-10-8-17-4-2-3-13(17)9-18(10)14(19)11-5-12(15)7-16-6-11/h5-7,10,13H,2-4,8-9H2,1H3. The number of piperazine rings is 1. The highest BCUT2D eigenvalue weighted by Crippen LogP contribution is 2.25. The van der Waals surface area contributed by atoms with E-state index in [2.05, 4.69) is 32.7 Å². The number of rotatable bonds is 1. The van der Waals surface area contributed by atoms with E-state index in [1.165, 1.54) is 19.4 Å². The number of halogens is 1. The van der Waals surface area contributed by atoms with E-state index < -0.39 is 0 Å². The molecule has 0 N–H and O–H groups in total. The van der Waals surface area contributed by atoms with Gasteiger partial charge in [-0.1, -0.05) is 0 Å². The monoisotopic (exact) mass is 323 g/mol. The second-order valence-electron chi connectivity index (χ2n) is 5.49. The minimum Gasteiger partial charge on any atom is -0.333 e. The smallest absolute Gasteiger partial charge is 0.255 e. The number of aromatic nitrogens is 1. The third-order valence-corrected chi connectivity index (χ3v) is 4.58. The van der Waals surface area contributed by atoms with Crippen molar-refractivity contribution in [1.82, 2.24) is 14.8 Å². The number of carbonyl (C=O) groups excluding carboxylic acids is 1.